The zero-order valence-corrected chi connectivity index (χ0v) is 18.0. The smallest absolute Gasteiger partial charge is 0.324 e. The zero-order valence-electron chi connectivity index (χ0n) is 18.0. The summed E-state index contributed by atoms with van der Waals surface area (Å²) < 4.78 is 10.8. The Morgan fingerprint density at radius 2 is 1.58 bits per heavy atom. The second-order valence-electron chi connectivity index (χ2n) is 7.89. The maximum Gasteiger partial charge on any atom is 0.324 e. The number of urea groups is 2. The van der Waals surface area contributed by atoms with Crippen LogP contribution in [-0.2, 0) is 6.54 Å². The van der Waals surface area contributed by atoms with Gasteiger partial charge in [0.1, 0.15) is 0 Å². The van der Waals surface area contributed by atoms with E-state index in [4.69, 9.17) is 9.47 Å². The van der Waals surface area contributed by atoms with Gasteiger partial charge in [-0.15, -0.1) is 0 Å². The standard InChI is InChI=1S/C25H24N4O4/c30-24(26-19-5-2-1-3-6-19)27-20-8-10-21(11-9-20)29-14-4-13-28(25(29)31)16-18-7-12-22-23(15-18)33-17-32-22/h1-3,5-12,15H,4,13-14,16-17H2,(H2,26,27,30). The minimum absolute atomic E-state index is 0.0403. The lowest BCUT2D eigenvalue weighted by Gasteiger charge is -2.35. The van der Waals surface area contributed by atoms with E-state index in [0.717, 1.165) is 23.4 Å². The molecule has 0 aliphatic carbocycles. The Balaban J connectivity index is 1.21. The van der Waals surface area contributed by atoms with Gasteiger partial charge in [0.15, 0.2) is 11.5 Å². The first-order valence-electron chi connectivity index (χ1n) is 10.8. The highest BCUT2D eigenvalue weighted by molar-refractivity contribution is 6.00. The maximum atomic E-state index is 13.1. The van der Waals surface area contributed by atoms with Crippen LogP contribution in [0.1, 0.15) is 12.0 Å². The van der Waals surface area contributed by atoms with E-state index in [1.54, 1.807) is 17.0 Å². The third-order valence-corrected chi connectivity index (χ3v) is 5.59. The van der Waals surface area contributed by atoms with Crippen LogP contribution in [0.5, 0.6) is 11.5 Å². The SMILES string of the molecule is O=C(Nc1ccccc1)Nc1ccc(N2CCCN(Cc3ccc4c(c3)OCO4)C2=O)cc1. The summed E-state index contributed by atoms with van der Waals surface area (Å²) in [6.07, 6.45) is 0.871. The van der Waals surface area contributed by atoms with Crippen molar-refractivity contribution in [3.63, 3.8) is 0 Å². The fourth-order valence-electron chi connectivity index (χ4n) is 3.97. The molecule has 0 saturated carbocycles. The Morgan fingerprint density at radius 3 is 2.36 bits per heavy atom. The van der Waals surface area contributed by atoms with Gasteiger partial charge >= 0.3 is 12.1 Å². The molecule has 1 saturated heterocycles. The van der Waals surface area contributed by atoms with Crippen molar-refractivity contribution in [1.82, 2.24) is 4.90 Å². The van der Waals surface area contributed by atoms with Crippen molar-refractivity contribution >= 4 is 29.1 Å². The van der Waals surface area contributed by atoms with E-state index in [1.165, 1.54) is 0 Å². The molecule has 0 unspecified atom stereocenters. The monoisotopic (exact) mass is 444 g/mol. The van der Waals surface area contributed by atoms with Crippen molar-refractivity contribution in [2.24, 2.45) is 0 Å². The summed E-state index contributed by atoms with van der Waals surface area (Å²) in [6, 6.07) is 21.9. The maximum absolute atomic E-state index is 13.1. The first-order valence-corrected chi connectivity index (χ1v) is 10.8. The Morgan fingerprint density at radius 1 is 0.848 bits per heavy atom. The van der Waals surface area contributed by atoms with Crippen LogP contribution < -0.4 is 25.0 Å². The molecule has 0 atom stereocenters. The highest BCUT2D eigenvalue weighted by Crippen LogP contribution is 2.33. The first-order chi connectivity index (χ1) is 16.2. The van der Waals surface area contributed by atoms with Gasteiger partial charge in [0.25, 0.3) is 0 Å². The fourth-order valence-corrected chi connectivity index (χ4v) is 3.97. The normalized spacial score (nSPS) is 14.8. The van der Waals surface area contributed by atoms with Crippen molar-refractivity contribution in [3.05, 3.63) is 78.4 Å². The number of anilines is 3. The molecule has 2 aliphatic rings. The number of nitrogens with one attached hydrogen (secondary N) is 2. The van der Waals surface area contributed by atoms with E-state index in [0.29, 0.717) is 36.8 Å². The van der Waals surface area contributed by atoms with E-state index in [2.05, 4.69) is 10.6 Å². The Labute approximate surface area is 191 Å². The topological polar surface area (TPSA) is 83.1 Å². The Hall–Kier alpha value is -4.20. The van der Waals surface area contributed by atoms with Crippen LogP contribution in [0, 0.1) is 0 Å². The third kappa shape index (κ3) is 4.69. The quantitative estimate of drug-likeness (QED) is 0.587. The van der Waals surface area contributed by atoms with Crippen LogP contribution in [0.4, 0.5) is 26.7 Å². The van der Waals surface area contributed by atoms with Gasteiger partial charge in [-0.25, -0.2) is 9.59 Å². The van der Waals surface area contributed by atoms with Gasteiger partial charge in [-0.3, -0.25) is 4.90 Å². The number of para-hydroxylation sites is 1. The number of carbonyl (C=O) groups is 2. The molecule has 3 aromatic rings. The molecule has 33 heavy (non-hydrogen) atoms. The number of nitrogens with zero attached hydrogens (tertiary/aromatic N) is 2. The summed E-state index contributed by atoms with van der Waals surface area (Å²) in [4.78, 5) is 28.9. The molecule has 8 heteroatoms. The Kier molecular flexibility index (Phi) is 5.72. The lowest BCUT2D eigenvalue weighted by atomic mass is 10.1. The predicted molar refractivity (Wildman–Crippen MR) is 126 cm³/mol. The van der Waals surface area contributed by atoms with E-state index < -0.39 is 0 Å². The molecule has 2 heterocycles. The van der Waals surface area contributed by atoms with E-state index >= 15 is 0 Å². The summed E-state index contributed by atoms with van der Waals surface area (Å²) in [5.41, 5.74) is 3.16. The zero-order chi connectivity index (χ0) is 22.6. The van der Waals surface area contributed by atoms with Crippen molar-refractivity contribution in [3.8, 4) is 11.5 Å². The number of ether oxygens (including phenoxy) is 2. The van der Waals surface area contributed by atoms with Gasteiger partial charge < -0.3 is 25.0 Å². The molecular formula is C25H24N4O4. The van der Waals surface area contributed by atoms with E-state index in [9.17, 15) is 9.59 Å². The molecule has 0 aromatic heterocycles. The highest BCUT2D eigenvalue weighted by Gasteiger charge is 2.27. The van der Waals surface area contributed by atoms with E-state index in [1.807, 2.05) is 65.6 Å². The van der Waals surface area contributed by atoms with Crippen molar-refractivity contribution < 1.29 is 19.1 Å². The van der Waals surface area contributed by atoms with Crippen molar-refractivity contribution in [2.75, 3.05) is 35.4 Å². The second kappa shape index (κ2) is 9.12. The lowest BCUT2D eigenvalue weighted by Crippen LogP contribution is -2.49. The fraction of sp³-hybridized carbons (Fsp3) is 0.200. The molecule has 1 fully saturated rings. The number of hydrogen-bond acceptors (Lipinski definition) is 4. The minimum atomic E-state index is -0.321. The largest absolute Gasteiger partial charge is 0.454 e. The molecule has 0 bridgehead atoms. The molecule has 5 rings (SSSR count). The summed E-state index contributed by atoms with van der Waals surface area (Å²) >= 11 is 0. The predicted octanol–water partition coefficient (Wildman–Crippen LogP) is 4.89. The molecule has 2 N–H and O–H groups in total. The van der Waals surface area contributed by atoms with Crippen molar-refractivity contribution in [2.45, 2.75) is 13.0 Å². The van der Waals surface area contributed by atoms with Crippen LogP contribution >= 0.6 is 0 Å². The minimum Gasteiger partial charge on any atom is -0.454 e. The van der Waals surface area contributed by atoms with Gasteiger partial charge in [0.05, 0.1) is 0 Å². The molecule has 0 spiro atoms. The lowest BCUT2D eigenvalue weighted by molar-refractivity contribution is 0.173. The van der Waals surface area contributed by atoms with Crippen LogP contribution in [0.25, 0.3) is 0 Å². The molecule has 4 amide bonds. The van der Waals surface area contributed by atoms with Gasteiger partial charge in [-0.2, -0.15) is 0 Å². The van der Waals surface area contributed by atoms with Crippen molar-refractivity contribution in [1.29, 1.82) is 0 Å². The summed E-state index contributed by atoms with van der Waals surface area (Å²) in [5, 5.41) is 5.59. The number of amides is 4. The number of carbonyl (C=O) groups excluding carboxylic acids is 2. The Bertz CT molecular complexity index is 1150. The average molecular weight is 444 g/mol. The van der Waals surface area contributed by atoms with Gasteiger partial charge in [-0.05, 0) is 60.5 Å². The van der Waals surface area contributed by atoms with Crippen LogP contribution in [0.3, 0.4) is 0 Å². The molecule has 2 aliphatic heterocycles. The average Bonchev–Trinajstić information content (AvgIpc) is 3.30. The molecular weight excluding hydrogens is 420 g/mol. The summed E-state index contributed by atoms with van der Waals surface area (Å²) in [7, 11) is 0. The van der Waals surface area contributed by atoms with Gasteiger partial charge in [0.2, 0.25) is 6.79 Å². The molecule has 0 radical (unpaired) electrons. The van der Waals surface area contributed by atoms with E-state index in [-0.39, 0.29) is 18.9 Å². The van der Waals surface area contributed by atoms with Crippen LogP contribution in [0.2, 0.25) is 0 Å². The second-order valence-corrected chi connectivity index (χ2v) is 7.89. The van der Waals surface area contributed by atoms with Gasteiger partial charge in [-0.1, -0.05) is 24.3 Å². The number of hydrogen-bond donors (Lipinski definition) is 2. The third-order valence-electron chi connectivity index (χ3n) is 5.59. The summed E-state index contributed by atoms with van der Waals surface area (Å²) in [6.45, 7) is 2.08. The molecule has 8 nitrogen and oxygen atoms in total. The molecule has 168 valence electrons. The van der Waals surface area contributed by atoms with Crippen LogP contribution in [0.15, 0.2) is 72.8 Å². The highest BCUT2D eigenvalue weighted by atomic mass is 16.7. The number of benzene rings is 3. The van der Waals surface area contributed by atoms with Gasteiger partial charge in [0, 0.05) is 36.7 Å². The first kappa shape index (κ1) is 20.7. The van der Waals surface area contributed by atoms with Crippen LogP contribution in [-0.4, -0.2) is 36.8 Å². The number of rotatable bonds is 5. The summed E-state index contributed by atoms with van der Waals surface area (Å²) in [5.74, 6) is 1.45. The molecule has 3 aromatic carbocycles. The number of fused-ring (bicyclic) bond motifs is 1.